The van der Waals surface area contributed by atoms with Gasteiger partial charge < -0.3 is 4.74 Å². The molecule has 1 heterocycles. The van der Waals surface area contributed by atoms with Crippen LogP contribution < -0.4 is 10.1 Å². The molecule has 3 atom stereocenters. The number of carbonyl (C=O) groups is 3. The standard InChI is InChI=1S/C19H23NO4S/c1-2-3-4-8-11-25-19-14(16(21)20-18(19)23)12-15(19)17(22)24-13-9-6-5-7-10-13/h5-7,9-10,14-15H,2-4,8,11-12H2,1H3,(H,20,21,23)/t14-,15-,19?/m1/s1. The number of thioether (sulfide) groups is 1. The van der Waals surface area contributed by atoms with Crippen LogP contribution in [-0.2, 0) is 14.4 Å². The van der Waals surface area contributed by atoms with Crippen molar-refractivity contribution in [2.24, 2.45) is 11.8 Å². The van der Waals surface area contributed by atoms with Gasteiger partial charge in [0.15, 0.2) is 0 Å². The average molecular weight is 361 g/mol. The topological polar surface area (TPSA) is 72.5 Å². The Bertz CT molecular complexity index is 663. The molecule has 2 aliphatic rings. The molecule has 134 valence electrons. The van der Waals surface area contributed by atoms with Crippen molar-refractivity contribution in [3.8, 4) is 5.75 Å². The van der Waals surface area contributed by atoms with Crippen molar-refractivity contribution in [2.45, 2.75) is 43.8 Å². The molecule has 25 heavy (non-hydrogen) atoms. The van der Waals surface area contributed by atoms with Crippen molar-refractivity contribution >= 4 is 29.5 Å². The third-order valence-electron chi connectivity index (χ3n) is 5.00. The van der Waals surface area contributed by atoms with Crippen molar-refractivity contribution in [3.05, 3.63) is 30.3 Å². The van der Waals surface area contributed by atoms with E-state index in [1.807, 2.05) is 6.07 Å². The second-order valence-electron chi connectivity index (χ2n) is 6.60. The molecule has 0 radical (unpaired) electrons. The summed E-state index contributed by atoms with van der Waals surface area (Å²) in [6.07, 6.45) is 4.75. The van der Waals surface area contributed by atoms with Crippen LogP contribution >= 0.6 is 11.8 Å². The maximum atomic E-state index is 12.6. The van der Waals surface area contributed by atoms with Gasteiger partial charge >= 0.3 is 5.97 Å². The van der Waals surface area contributed by atoms with E-state index in [9.17, 15) is 14.4 Å². The minimum absolute atomic E-state index is 0.255. The predicted molar refractivity (Wildman–Crippen MR) is 96.2 cm³/mol. The Kier molecular flexibility index (Phi) is 5.47. The number of unbranched alkanes of at least 4 members (excludes halogenated alkanes) is 3. The van der Waals surface area contributed by atoms with Gasteiger partial charge in [-0.3, -0.25) is 19.7 Å². The van der Waals surface area contributed by atoms with Crippen LogP contribution in [0.3, 0.4) is 0 Å². The minimum atomic E-state index is -0.977. The van der Waals surface area contributed by atoms with Crippen molar-refractivity contribution in [1.29, 1.82) is 0 Å². The van der Waals surface area contributed by atoms with Crippen LogP contribution in [0.25, 0.3) is 0 Å². The molecular formula is C19H23NO4S. The highest BCUT2D eigenvalue weighted by Crippen LogP contribution is 2.57. The number of hydrogen-bond donors (Lipinski definition) is 1. The van der Waals surface area contributed by atoms with Crippen LogP contribution in [-0.4, -0.2) is 28.3 Å². The summed E-state index contributed by atoms with van der Waals surface area (Å²) in [5.74, 6) is -0.757. The Morgan fingerprint density at radius 2 is 2.00 bits per heavy atom. The number of amides is 2. The van der Waals surface area contributed by atoms with Crippen LogP contribution in [0.2, 0.25) is 0 Å². The molecule has 1 aromatic carbocycles. The quantitative estimate of drug-likeness (QED) is 0.334. The largest absolute Gasteiger partial charge is 0.426 e. The Morgan fingerprint density at radius 3 is 2.68 bits per heavy atom. The second-order valence-corrected chi connectivity index (χ2v) is 7.97. The number of para-hydroxylation sites is 1. The maximum absolute atomic E-state index is 12.6. The van der Waals surface area contributed by atoms with Gasteiger partial charge in [-0.2, -0.15) is 0 Å². The molecule has 1 aliphatic heterocycles. The minimum Gasteiger partial charge on any atom is -0.426 e. The normalized spacial score (nSPS) is 27.4. The number of carbonyl (C=O) groups excluding carboxylic acids is 3. The highest BCUT2D eigenvalue weighted by atomic mass is 32.2. The average Bonchev–Trinajstić information content (AvgIpc) is 2.74. The first kappa shape index (κ1) is 18.0. The third kappa shape index (κ3) is 3.32. The molecule has 1 aromatic rings. The molecular weight excluding hydrogens is 338 g/mol. The van der Waals surface area contributed by atoms with E-state index >= 15 is 0 Å². The molecule has 1 saturated heterocycles. The molecule has 1 saturated carbocycles. The van der Waals surface area contributed by atoms with Crippen molar-refractivity contribution in [1.82, 2.24) is 5.32 Å². The number of rotatable bonds is 8. The molecule has 1 unspecified atom stereocenters. The van der Waals surface area contributed by atoms with E-state index in [-0.39, 0.29) is 11.8 Å². The summed E-state index contributed by atoms with van der Waals surface area (Å²) in [6, 6.07) is 8.83. The second kappa shape index (κ2) is 7.60. The number of nitrogens with one attached hydrogen (secondary N) is 1. The summed E-state index contributed by atoms with van der Waals surface area (Å²) in [5.41, 5.74) is 0. The van der Waals surface area contributed by atoms with Crippen molar-refractivity contribution in [3.63, 3.8) is 0 Å². The van der Waals surface area contributed by atoms with E-state index in [2.05, 4.69) is 12.2 Å². The molecule has 0 spiro atoms. The zero-order valence-corrected chi connectivity index (χ0v) is 15.1. The Morgan fingerprint density at radius 1 is 1.24 bits per heavy atom. The van der Waals surface area contributed by atoms with Crippen LogP contribution in [0.5, 0.6) is 5.75 Å². The Hall–Kier alpha value is -1.82. The Balaban J connectivity index is 1.69. The summed E-state index contributed by atoms with van der Waals surface area (Å²) in [7, 11) is 0. The fourth-order valence-corrected chi connectivity index (χ4v) is 5.23. The van der Waals surface area contributed by atoms with Crippen molar-refractivity contribution < 1.29 is 19.1 Å². The zero-order valence-electron chi connectivity index (χ0n) is 14.3. The molecule has 0 aromatic heterocycles. The lowest BCUT2D eigenvalue weighted by Crippen LogP contribution is -2.59. The van der Waals surface area contributed by atoms with Gasteiger partial charge in [0.25, 0.3) is 0 Å². The first-order valence-corrected chi connectivity index (χ1v) is 9.84. The van der Waals surface area contributed by atoms with Gasteiger partial charge in [0.2, 0.25) is 11.8 Å². The number of imide groups is 1. The van der Waals surface area contributed by atoms with Gasteiger partial charge in [0, 0.05) is 0 Å². The smallest absolute Gasteiger partial charge is 0.316 e. The van der Waals surface area contributed by atoms with E-state index in [0.29, 0.717) is 12.2 Å². The van der Waals surface area contributed by atoms with E-state index < -0.39 is 22.6 Å². The van der Waals surface area contributed by atoms with Crippen LogP contribution in [0.1, 0.15) is 39.0 Å². The molecule has 6 heteroatoms. The summed E-state index contributed by atoms with van der Waals surface area (Å²) in [5, 5.41) is 2.41. The molecule has 2 amide bonds. The Labute approximate surface area is 151 Å². The number of fused-ring (bicyclic) bond motifs is 1. The van der Waals surface area contributed by atoms with Crippen LogP contribution in [0.4, 0.5) is 0 Å². The SMILES string of the molecule is CCCCCCSC12C(=O)NC(=O)[C@H]1C[C@@H]2C(=O)Oc1ccccc1. The lowest BCUT2D eigenvalue weighted by atomic mass is 9.65. The first-order chi connectivity index (χ1) is 12.1. The molecule has 0 bridgehead atoms. The van der Waals surface area contributed by atoms with Crippen molar-refractivity contribution in [2.75, 3.05) is 5.75 Å². The maximum Gasteiger partial charge on any atom is 0.316 e. The van der Waals surface area contributed by atoms with E-state index in [0.717, 1.165) is 31.4 Å². The molecule has 5 nitrogen and oxygen atoms in total. The monoisotopic (exact) mass is 361 g/mol. The summed E-state index contributed by atoms with van der Waals surface area (Å²) >= 11 is 1.46. The van der Waals surface area contributed by atoms with Gasteiger partial charge in [-0.25, -0.2) is 0 Å². The number of benzene rings is 1. The van der Waals surface area contributed by atoms with E-state index in [1.54, 1.807) is 24.3 Å². The number of ether oxygens (including phenoxy) is 1. The fraction of sp³-hybridized carbons (Fsp3) is 0.526. The summed E-state index contributed by atoms with van der Waals surface area (Å²) in [6.45, 7) is 2.15. The van der Waals surface area contributed by atoms with Gasteiger partial charge in [-0.05, 0) is 30.7 Å². The van der Waals surface area contributed by atoms with Crippen LogP contribution in [0, 0.1) is 11.8 Å². The number of hydrogen-bond acceptors (Lipinski definition) is 5. The first-order valence-electron chi connectivity index (χ1n) is 8.85. The highest BCUT2D eigenvalue weighted by molar-refractivity contribution is 8.01. The highest BCUT2D eigenvalue weighted by Gasteiger charge is 2.70. The van der Waals surface area contributed by atoms with Gasteiger partial charge in [0.1, 0.15) is 10.5 Å². The van der Waals surface area contributed by atoms with E-state index in [1.165, 1.54) is 11.8 Å². The van der Waals surface area contributed by atoms with Gasteiger partial charge in [-0.15, -0.1) is 11.8 Å². The molecule has 1 N–H and O–H groups in total. The number of esters is 1. The molecule has 2 fully saturated rings. The lowest BCUT2D eigenvalue weighted by molar-refractivity contribution is -0.149. The summed E-state index contributed by atoms with van der Waals surface area (Å²) < 4.78 is 4.46. The van der Waals surface area contributed by atoms with Gasteiger partial charge in [-0.1, -0.05) is 44.4 Å². The van der Waals surface area contributed by atoms with Crippen LogP contribution in [0.15, 0.2) is 30.3 Å². The summed E-state index contributed by atoms with van der Waals surface area (Å²) in [4.78, 5) is 37.1. The molecule has 3 rings (SSSR count). The van der Waals surface area contributed by atoms with E-state index in [4.69, 9.17) is 4.74 Å². The molecule has 1 aliphatic carbocycles. The predicted octanol–water partition coefficient (Wildman–Crippen LogP) is 2.94. The third-order valence-corrected chi connectivity index (χ3v) is 6.72. The van der Waals surface area contributed by atoms with Gasteiger partial charge in [0.05, 0.1) is 11.8 Å². The fourth-order valence-electron chi connectivity index (χ4n) is 3.57. The zero-order chi connectivity index (χ0) is 17.9. The lowest BCUT2D eigenvalue weighted by Gasteiger charge is -2.46.